The third-order valence-electron chi connectivity index (χ3n) is 3.77. The summed E-state index contributed by atoms with van der Waals surface area (Å²) in [5.41, 5.74) is 1.39. The third-order valence-corrected chi connectivity index (χ3v) is 3.77. The molecule has 4 rings (SSSR count). The number of halogens is 2. The molecule has 122 valence electrons. The molecule has 0 heterocycles. The van der Waals surface area contributed by atoms with Gasteiger partial charge >= 0.3 is 41.3 Å². The maximum absolute atomic E-state index is 2.34. The quantitative estimate of drug-likeness (QED) is 0.462. The average molecular weight is 434 g/mol. The molecule has 0 radical (unpaired) electrons. The molecule has 0 amide bonds. The Hall–Kier alpha value is -0.877. The van der Waals surface area contributed by atoms with Gasteiger partial charge in [0.1, 0.15) is 0 Å². The van der Waals surface area contributed by atoms with E-state index in [1.807, 2.05) is 0 Å². The van der Waals surface area contributed by atoms with Crippen molar-refractivity contribution in [2.45, 2.75) is 19.8 Å². The molecular formula is C21H19Cl2Zr-. The van der Waals surface area contributed by atoms with Gasteiger partial charge in [-0.15, -0.1) is 28.5 Å². The molecule has 0 N–H and O–H groups in total. The maximum Gasteiger partial charge on any atom is -1.00 e. The summed E-state index contributed by atoms with van der Waals surface area (Å²) in [7, 11) is 0. The van der Waals surface area contributed by atoms with E-state index in [0.717, 1.165) is 0 Å². The first kappa shape index (κ1) is 21.2. The van der Waals surface area contributed by atoms with E-state index >= 15 is 0 Å². The first-order valence-electron chi connectivity index (χ1n) is 7.60. The van der Waals surface area contributed by atoms with Crippen molar-refractivity contribution in [1.29, 1.82) is 0 Å². The Kier molecular flexibility index (Phi) is 8.44. The minimum absolute atomic E-state index is 0. The summed E-state index contributed by atoms with van der Waals surface area (Å²) in [6.45, 7) is 4.25. The number of benzene rings is 2. The van der Waals surface area contributed by atoms with E-state index in [9.17, 15) is 0 Å². The normalized spacial score (nSPS) is 12.5. The van der Waals surface area contributed by atoms with Crippen LogP contribution in [0.1, 0.15) is 25.3 Å². The summed E-state index contributed by atoms with van der Waals surface area (Å²) in [5.74, 6) is 0.455. The molecule has 0 atom stereocenters. The number of allylic oxidation sites excluding steroid dienone is 4. The Balaban J connectivity index is 0.000000438. The Morgan fingerprint density at radius 1 is 0.917 bits per heavy atom. The molecule has 0 bridgehead atoms. The molecule has 0 unspecified atom stereocenters. The van der Waals surface area contributed by atoms with E-state index in [-0.39, 0.29) is 24.8 Å². The van der Waals surface area contributed by atoms with Gasteiger partial charge in [-0.05, 0) is 0 Å². The van der Waals surface area contributed by atoms with E-state index in [1.54, 1.807) is 24.2 Å². The topological polar surface area (TPSA) is 0 Å². The van der Waals surface area contributed by atoms with Gasteiger partial charge in [-0.25, -0.2) is 0 Å². The zero-order chi connectivity index (χ0) is 15.5. The van der Waals surface area contributed by atoms with Crippen molar-refractivity contribution >= 4 is 24.8 Å². The van der Waals surface area contributed by atoms with Crippen LogP contribution in [0.25, 0.3) is 21.5 Å². The standard InChI is InChI=1S/C18H13.C3H6.2ClH.Zr/c1-2-6-13(5-1)16-11-15-10-9-14-7-3-4-8-17(14)18(15)12-16;1-3-2;;;/h1-13H;1-2H3;2*1H;/q-1;;;;+2/p-2. The molecule has 3 heteroatoms. The van der Waals surface area contributed by atoms with Crippen LogP contribution >= 0.6 is 0 Å². The fourth-order valence-electron chi connectivity index (χ4n) is 2.83. The zero-order valence-electron chi connectivity index (χ0n) is 13.8. The SMILES string of the molecule is C1=CC(c2cc3ccc4ccccc4c3[cH-]2)C=C1.C[C](C)=[Zr+2].[Cl-].[Cl-]. The number of hydrogen-bond donors (Lipinski definition) is 0. The van der Waals surface area contributed by atoms with Gasteiger partial charge in [-0.2, -0.15) is 6.07 Å². The van der Waals surface area contributed by atoms with Crippen LogP contribution in [0.2, 0.25) is 0 Å². The average Bonchev–Trinajstić information content (AvgIpc) is 3.15. The summed E-state index contributed by atoms with van der Waals surface area (Å²) in [6, 6.07) is 17.7. The van der Waals surface area contributed by atoms with Crippen LogP contribution in [0.15, 0.2) is 72.8 Å². The van der Waals surface area contributed by atoms with Crippen molar-refractivity contribution in [3.05, 3.63) is 78.4 Å². The zero-order valence-corrected chi connectivity index (χ0v) is 17.7. The largest absolute Gasteiger partial charge is 1.00 e. The fraction of sp³-hybridized carbons (Fsp3) is 0.143. The molecule has 0 saturated carbocycles. The van der Waals surface area contributed by atoms with Crippen molar-refractivity contribution in [2.24, 2.45) is 0 Å². The second-order valence-corrected chi connectivity index (χ2v) is 8.33. The van der Waals surface area contributed by atoms with Gasteiger partial charge in [0, 0.05) is 5.92 Å². The van der Waals surface area contributed by atoms with Gasteiger partial charge < -0.3 is 24.8 Å². The van der Waals surface area contributed by atoms with Crippen LogP contribution in [0, 0.1) is 0 Å². The fourth-order valence-corrected chi connectivity index (χ4v) is 2.83. The Labute approximate surface area is 171 Å². The minimum Gasteiger partial charge on any atom is -1.00 e. The van der Waals surface area contributed by atoms with Crippen molar-refractivity contribution in [3.8, 4) is 0 Å². The van der Waals surface area contributed by atoms with Crippen molar-refractivity contribution in [3.63, 3.8) is 0 Å². The molecule has 0 nitrogen and oxygen atoms in total. The van der Waals surface area contributed by atoms with Gasteiger partial charge in [-0.1, -0.05) is 65.4 Å². The number of hydrogen-bond acceptors (Lipinski definition) is 0. The summed E-state index contributed by atoms with van der Waals surface area (Å²) in [5, 5.41) is 5.39. The molecular weight excluding hydrogens is 414 g/mol. The van der Waals surface area contributed by atoms with Crippen LogP contribution in [0.5, 0.6) is 0 Å². The summed E-state index contributed by atoms with van der Waals surface area (Å²) in [6.07, 6.45) is 8.74. The molecule has 0 aromatic heterocycles. The van der Waals surface area contributed by atoms with Gasteiger partial charge in [0.05, 0.1) is 0 Å². The molecule has 1 aliphatic rings. The van der Waals surface area contributed by atoms with E-state index in [0.29, 0.717) is 5.92 Å². The number of fused-ring (bicyclic) bond motifs is 3. The van der Waals surface area contributed by atoms with E-state index in [4.69, 9.17) is 0 Å². The molecule has 1 aliphatic carbocycles. The van der Waals surface area contributed by atoms with Crippen LogP contribution in [-0.4, -0.2) is 3.21 Å². The maximum atomic E-state index is 2.34. The summed E-state index contributed by atoms with van der Waals surface area (Å²) >= 11 is 1.55. The van der Waals surface area contributed by atoms with E-state index < -0.39 is 0 Å². The summed E-state index contributed by atoms with van der Waals surface area (Å²) < 4.78 is 1.51. The van der Waals surface area contributed by atoms with Crippen molar-refractivity contribution in [2.75, 3.05) is 0 Å². The molecule has 0 fully saturated rings. The first-order valence-corrected chi connectivity index (χ1v) is 8.83. The van der Waals surface area contributed by atoms with Crippen LogP contribution in [-0.2, 0) is 24.2 Å². The number of rotatable bonds is 1. The van der Waals surface area contributed by atoms with Gasteiger partial charge in [-0.3, -0.25) is 0 Å². The molecule has 3 aromatic rings. The predicted octanol–water partition coefficient (Wildman–Crippen LogP) is -0.325. The molecule has 3 aromatic carbocycles. The Morgan fingerprint density at radius 3 is 2.17 bits per heavy atom. The summed E-state index contributed by atoms with van der Waals surface area (Å²) in [4.78, 5) is 0. The second-order valence-electron chi connectivity index (χ2n) is 5.87. The van der Waals surface area contributed by atoms with Crippen LogP contribution in [0.3, 0.4) is 0 Å². The molecule has 0 saturated heterocycles. The predicted molar refractivity (Wildman–Crippen MR) is 94.4 cm³/mol. The third kappa shape index (κ3) is 4.82. The second kappa shape index (κ2) is 9.57. The Morgan fingerprint density at radius 2 is 1.50 bits per heavy atom. The Bertz CT molecular complexity index is 871. The molecule has 24 heavy (non-hydrogen) atoms. The first-order chi connectivity index (χ1) is 10.6. The monoisotopic (exact) mass is 431 g/mol. The van der Waals surface area contributed by atoms with E-state index in [1.165, 1.54) is 30.3 Å². The minimum atomic E-state index is 0. The van der Waals surface area contributed by atoms with Crippen LogP contribution in [0.4, 0.5) is 0 Å². The van der Waals surface area contributed by atoms with Gasteiger partial charge in [0.15, 0.2) is 0 Å². The smallest absolute Gasteiger partial charge is 1.00 e. The van der Waals surface area contributed by atoms with Gasteiger partial charge in [0.2, 0.25) is 0 Å². The molecule has 0 aliphatic heterocycles. The molecule has 0 spiro atoms. The van der Waals surface area contributed by atoms with Crippen molar-refractivity contribution in [1.82, 2.24) is 0 Å². The van der Waals surface area contributed by atoms with Crippen molar-refractivity contribution < 1.29 is 49.0 Å². The van der Waals surface area contributed by atoms with Crippen LogP contribution < -0.4 is 24.8 Å². The van der Waals surface area contributed by atoms with E-state index in [2.05, 4.69) is 86.7 Å². The van der Waals surface area contributed by atoms with Gasteiger partial charge in [0.25, 0.3) is 0 Å².